The van der Waals surface area contributed by atoms with Crippen LogP contribution in [0.4, 0.5) is 5.88 Å². The molecule has 0 radical (unpaired) electrons. The van der Waals surface area contributed by atoms with Gasteiger partial charge >= 0.3 is 0 Å². The van der Waals surface area contributed by atoms with Crippen LogP contribution in [0.15, 0.2) is 53.2 Å². The van der Waals surface area contributed by atoms with Crippen molar-refractivity contribution in [2.75, 3.05) is 4.90 Å². The Morgan fingerprint density at radius 1 is 1.09 bits per heavy atom. The number of hydrogen-bond acceptors (Lipinski definition) is 5. The number of nitriles is 1. The molecule has 0 aliphatic carbocycles. The van der Waals surface area contributed by atoms with Gasteiger partial charge in [-0.2, -0.15) is 10.2 Å². The van der Waals surface area contributed by atoms with Crippen LogP contribution in [0.2, 0.25) is 0 Å². The highest BCUT2D eigenvalue weighted by molar-refractivity contribution is 5.60. The Morgan fingerprint density at radius 2 is 1.86 bits per heavy atom. The minimum Gasteiger partial charge on any atom is -0.419 e. The molecular weight excluding hydrogens is 276 g/mol. The van der Waals surface area contributed by atoms with Crippen molar-refractivity contribution in [3.8, 4) is 17.5 Å². The van der Waals surface area contributed by atoms with Crippen molar-refractivity contribution in [3.63, 3.8) is 0 Å². The van der Waals surface area contributed by atoms with E-state index in [1.165, 1.54) is 11.1 Å². The first-order valence-electron chi connectivity index (χ1n) is 6.98. The van der Waals surface area contributed by atoms with Crippen molar-refractivity contribution in [3.05, 3.63) is 65.6 Å². The van der Waals surface area contributed by atoms with Crippen LogP contribution in [-0.4, -0.2) is 9.97 Å². The van der Waals surface area contributed by atoms with Crippen LogP contribution in [0.5, 0.6) is 0 Å². The summed E-state index contributed by atoms with van der Waals surface area (Å²) in [5.74, 6) is 0.952. The SMILES string of the molecule is N#Cc1nc(-c2cccnc2)oc1N1Cc2ccccc2C1. The highest BCUT2D eigenvalue weighted by Gasteiger charge is 2.26. The second kappa shape index (κ2) is 5.01. The lowest BCUT2D eigenvalue weighted by molar-refractivity contribution is 0.554. The molecule has 0 spiro atoms. The molecule has 0 atom stereocenters. The lowest BCUT2D eigenvalue weighted by Gasteiger charge is -2.13. The Balaban J connectivity index is 1.72. The molecule has 1 aliphatic heterocycles. The first kappa shape index (κ1) is 12.6. The van der Waals surface area contributed by atoms with Gasteiger partial charge in [-0.3, -0.25) is 4.98 Å². The molecule has 0 saturated carbocycles. The Hall–Kier alpha value is -3.13. The number of fused-ring (bicyclic) bond motifs is 1. The molecular formula is C17H12N4O. The third-order valence-corrected chi connectivity index (χ3v) is 3.75. The summed E-state index contributed by atoms with van der Waals surface area (Å²) in [5.41, 5.74) is 3.59. The van der Waals surface area contributed by atoms with Crippen molar-refractivity contribution >= 4 is 5.88 Å². The smallest absolute Gasteiger partial charge is 0.235 e. The maximum absolute atomic E-state index is 9.34. The summed E-state index contributed by atoms with van der Waals surface area (Å²) < 4.78 is 5.86. The maximum atomic E-state index is 9.34. The van der Waals surface area contributed by atoms with Gasteiger partial charge in [-0.15, -0.1) is 0 Å². The molecule has 3 heterocycles. The van der Waals surface area contributed by atoms with Crippen LogP contribution in [0, 0.1) is 11.3 Å². The molecule has 1 aliphatic rings. The molecule has 106 valence electrons. The van der Waals surface area contributed by atoms with E-state index in [0.29, 0.717) is 17.5 Å². The highest BCUT2D eigenvalue weighted by Crippen LogP contribution is 2.33. The maximum Gasteiger partial charge on any atom is 0.235 e. The fourth-order valence-electron chi connectivity index (χ4n) is 2.69. The molecule has 1 aromatic carbocycles. The van der Waals surface area contributed by atoms with E-state index in [1.807, 2.05) is 29.2 Å². The zero-order valence-electron chi connectivity index (χ0n) is 11.7. The van der Waals surface area contributed by atoms with Gasteiger partial charge in [0.25, 0.3) is 0 Å². The van der Waals surface area contributed by atoms with Crippen molar-refractivity contribution in [2.45, 2.75) is 13.1 Å². The van der Waals surface area contributed by atoms with E-state index in [1.54, 1.807) is 12.4 Å². The van der Waals surface area contributed by atoms with Crippen LogP contribution in [-0.2, 0) is 13.1 Å². The topological polar surface area (TPSA) is 66.0 Å². The molecule has 0 bridgehead atoms. The number of nitrogens with zero attached hydrogens (tertiary/aromatic N) is 4. The van der Waals surface area contributed by atoms with Crippen molar-refractivity contribution < 1.29 is 4.42 Å². The molecule has 5 nitrogen and oxygen atoms in total. The molecule has 22 heavy (non-hydrogen) atoms. The number of oxazole rings is 1. The lowest BCUT2D eigenvalue weighted by Crippen LogP contribution is -2.14. The summed E-state index contributed by atoms with van der Waals surface area (Å²) in [6.45, 7) is 1.46. The molecule has 0 fully saturated rings. The first-order valence-corrected chi connectivity index (χ1v) is 6.98. The minimum absolute atomic E-state index is 0.312. The number of aromatic nitrogens is 2. The molecule has 4 rings (SSSR count). The molecule has 3 aromatic rings. The molecule has 2 aromatic heterocycles. The van der Waals surface area contributed by atoms with E-state index < -0.39 is 0 Å². The standard InChI is InChI=1S/C17H12N4O/c18-8-15-17(21-10-13-4-1-2-5-14(13)11-21)22-16(20-15)12-6-3-7-19-9-12/h1-7,9H,10-11H2. The Morgan fingerprint density at radius 3 is 2.50 bits per heavy atom. The highest BCUT2D eigenvalue weighted by atomic mass is 16.4. The van der Waals surface area contributed by atoms with Crippen molar-refractivity contribution in [1.82, 2.24) is 9.97 Å². The van der Waals surface area contributed by atoms with Gasteiger partial charge in [-0.25, -0.2) is 0 Å². The van der Waals surface area contributed by atoms with Gasteiger partial charge in [-0.1, -0.05) is 24.3 Å². The number of anilines is 1. The third-order valence-electron chi connectivity index (χ3n) is 3.75. The zero-order chi connectivity index (χ0) is 14.9. The summed E-state index contributed by atoms with van der Waals surface area (Å²) >= 11 is 0. The van der Waals surface area contributed by atoms with Crippen LogP contribution in [0.1, 0.15) is 16.8 Å². The largest absolute Gasteiger partial charge is 0.419 e. The van der Waals surface area contributed by atoms with Gasteiger partial charge in [-0.05, 0) is 23.3 Å². The summed E-state index contributed by atoms with van der Waals surface area (Å²) in [6, 6.07) is 14.0. The Labute approximate surface area is 127 Å². The van der Waals surface area contributed by atoms with Gasteiger partial charge in [0.15, 0.2) is 0 Å². The van der Waals surface area contributed by atoms with Crippen LogP contribution in [0.3, 0.4) is 0 Å². The van der Waals surface area contributed by atoms with E-state index in [2.05, 4.69) is 28.2 Å². The number of hydrogen-bond donors (Lipinski definition) is 0. The van der Waals surface area contributed by atoms with Gasteiger partial charge in [0.05, 0.1) is 5.56 Å². The zero-order valence-corrected chi connectivity index (χ0v) is 11.7. The van der Waals surface area contributed by atoms with Gasteiger partial charge in [0.2, 0.25) is 17.5 Å². The fourth-order valence-corrected chi connectivity index (χ4v) is 2.69. The molecule has 5 heteroatoms. The van der Waals surface area contributed by atoms with Crippen molar-refractivity contribution in [2.24, 2.45) is 0 Å². The van der Waals surface area contributed by atoms with Crippen LogP contribution >= 0.6 is 0 Å². The quantitative estimate of drug-likeness (QED) is 0.724. The summed E-state index contributed by atoms with van der Waals surface area (Å²) in [4.78, 5) is 10.4. The predicted molar refractivity (Wildman–Crippen MR) is 80.8 cm³/mol. The van der Waals surface area contributed by atoms with E-state index >= 15 is 0 Å². The molecule has 0 amide bonds. The average molecular weight is 288 g/mol. The van der Waals surface area contributed by atoms with Gasteiger partial charge in [0, 0.05) is 25.5 Å². The fraction of sp³-hybridized carbons (Fsp3) is 0.118. The lowest BCUT2D eigenvalue weighted by atomic mass is 10.1. The van der Waals surface area contributed by atoms with Gasteiger partial charge < -0.3 is 9.32 Å². The molecule has 0 saturated heterocycles. The van der Waals surface area contributed by atoms with E-state index in [0.717, 1.165) is 18.7 Å². The first-order chi connectivity index (χ1) is 10.8. The summed E-state index contributed by atoms with van der Waals surface area (Å²) in [6.07, 6.45) is 3.37. The number of rotatable bonds is 2. The second-order valence-electron chi connectivity index (χ2n) is 5.15. The molecule has 0 unspecified atom stereocenters. The van der Waals surface area contributed by atoms with Crippen LogP contribution in [0.25, 0.3) is 11.5 Å². The predicted octanol–water partition coefficient (Wildman–Crippen LogP) is 3.13. The number of benzene rings is 1. The van der Waals surface area contributed by atoms with E-state index in [-0.39, 0.29) is 0 Å². The molecule has 0 N–H and O–H groups in total. The number of pyridine rings is 1. The second-order valence-corrected chi connectivity index (χ2v) is 5.15. The Kier molecular flexibility index (Phi) is 2.87. The van der Waals surface area contributed by atoms with Crippen molar-refractivity contribution in [1.29, 1.82) is 5.26 Å². The van der Waals surface area contributed by atoms with E-state index in [4.69, 9.17) is 4.42 Å². The van der Waals surface area contributed by atoms with Crippen LogP contribution < -0.4 is 4.90 Å². The minimum atomic E-state index is 0.312. The normalized spacial score (nSPS) is 13.0. The third kappa shape index (κ3) is 2.02. The average Bonchev–Trinajstić information content (AvgIpc) is 3.19. The summed E-state index contributed by atoms with van der Waals surface area (Å²) in [5, 5.41) is 9.34. The van der Waals surface area contributed by atoms with Gasteiger partial charge in [0.1, 0.15) is 6.07 Å². The van der Waals surface area contributed by atoms with E-state index in [9.17, 15) is 5.26 Å². The Bertz CT molecular complexity index is 839. The summed E-state index contributed by atoms with van der Waals surface area (Å²) in [7, 11) is 0. The monoisotopic (exact) mass is 288 g/mol.